The van der Waals surface area contributed by atoms with Crippen LogP contribution in [-0.4, -0.2) is 25.3 Å². The van der Waals surface area contributed by atoms with Gasteiger partial charge in [-0.15, -0.1) is 21.5 Å². The van der Waals surface area contributed by atoms with Gasteiger partial charge in [-0.3, -0.25) is 0 Å². The number of anilines is 4. The molecule has 0 saturated heterocycles. The second kappa shape index (κ2) is 10.2. The molecular formula is C25H19N7S2. The third-order valence-corrected chi connectivity index (χ3v) is 5.92. The quantitative estimate of drug-likeness (QED) is 0.247. The number of nitrogens with zero attached hydrogens (tertiary/aromatic N) is 4. The Morgan fingerprint density at radius 3 is 2.32 bits per heavy atom. The van der Waals surface area contributed by atoms with Crippen LogP contribution < -0.4 is 16.0 Å². The highest BCUT2D eigenvalue weighted by Gasteiger charge is 2.09. The lowest BCUT2D eigenvalue weighted by molar-refractivity contribution is 1.05. The number of rotatable bonds is 6. The molecule has 7 nitrogen and oxygen atoms in total. The van der Waals surface area contributed by atoms with Gasteiger partial charge in [-0.2, -0.15) is 0 Å². The summed E-state index contributed by atoms with van der Waals surface area (Å²) in [5, 5.41) is 20.5. The molecule has 0 aliphatic heterocycles. The third kappa shape index (κ3) is 5.22. The van der Waals surface area contributed by atoms with Crippen LogP contribution in [0.2, 0.25) is 0 Å². The van der Waals surface area contributed by atoms with E-state index in [1.807, 2.05) is 90.3 Å². The molecule has 5 aromatic rings. The molecule has 0 bridgehead atoms. The van der Waals surface area contributed by atoms with Gasteiger partial charge in [-0.05, 0) is 54.0 Å². The predicted octanol–water partition coefficient (Wildman–Crippen LogP) is 6.21. The van der Waals surface area contributed by atoms with E-state index in [0.29, 0.717) is 16.9 Å². The number of hydrogen-bond acceptors (Lipinski definition) is 7. The molecule has 9 heteroatoms. The zero-order valence-electron chi connectivity index (χ0n) is 17.8. The lowest BCUT2D eigenvalue weighted by Gasteiger charge is -2.14. The molecule has 0 amide bonds. The fourth-order valence-electron chi connectivity index (χ4n) is 3.23. The summed E-state index contributed by atoms with van der Waals surface area (Å²) < 4.78 is 0. The normalized spacial score (nSPS) is 10.5. The van der Waals surface area contributed by atoms with E-state index in [9.17, 15) is 0 Å². The van der Waals surface area contributed by atoms with Gasteiger partial charge in [0.15, 0.2) is 10.9 Å². The van der Waals surface area contributed by atoms with Crippen molar-refractivity contribution in [3.8, 4) is 21.8 Å². The highest BCUT2D eigenvalue weighted by atomic mass is 32.1. The Hall–Kier alpha value is -4.21. The van der Waals surface area contributed by atoms with E-state index in [4.69, 9.17) is 12.2 Å². The SMILES string of the molecule is S=C(Nc1ccc(-c2ccccc2)nn1)Nc1ccccc1Nc1nccc(-c2cccs2)n1. The van der Waals surface area contributed by atoms with Crippen molar-refractivity contribution in [2.75, 3.05) is 16.0 Å². The van der Waals surface area contributed by atoms with Gasteiger partial charge in [-0.25, -0.2) is 9.97 Å². The van der Waals surface area contributed by atoms with Crippen LogP contribution in [0.15, 0.2) is 96.5 Å². The van der Waals surface area contributed by atoms with Crippen molar-refractivity contribution in [2.24, 2.45) is 0 Å². The Labute approximate surface area is 206 Å². The Morgan fingerprint density at radius 1 is 0.735 bits per heavy atom. The van der Waals surface area contributed by atoms with Crippen LogP contribution in [-0.2, 0) is 0 Å². The van der Waals surface area contributed by atoms with Crippen molar-refractivity contribution >= 4 is 51.8 Å². The molecule has 0 atom stereocenters. The molecule has 3 aromatic heterocycles. The molecule has 0 aliphatic rings. The number of thiocarbonyl (C=S) groups is 1. The van der Waals surface area contributed by atoms with Gasteiger partial charge in [0.1, 0.15) is 0 Å². The lowest BCUT2D eigenvalue weighted by atomic mass is 10.1. The van der Waals surface area contributed by atoms with E-state index < -0.39 is 0 Å². The summed E-state index contributed by atoms with van der Waals surface area (Å²) in [6.07, 6.45) is 1.74. The summed E-state index contributed by atoms with van der Waals surface area (Å²) in [4.78, 5) is 10.1. The molecule has 0 unspecified atom stereocenters. The third-order valence-electron chi connectivity index (χ3n) is 4.83. The van der Waals surface area contributed by atoms with Crippen LogP contribution in [0.5, 0.6) is 0 Å². The van der Waals surface area contributed by atoms with E-state index >= 15 is 0 Å². The average Bonchev–Trinajstić information content (AvgIpc) is 3.42. The number of nitrogens with one attached hydrogen (secondary N) is 3. The van der Waals surface area contributed by atoms with Crippen molar-refractivity contribution in [3.05, 3.63) is 96.5 Å². The first-order valence-electron chi connectivity index (χ1n) is 10.4. The lowest BCUT2D eigenvalue weighted by Crippen LogP contribution is -2.20. The van der Waals surface area contributed by atoms with Crippen LogP contribution >= 0.6 is 23.6 Å². The van der Waals surface area contributed by atoms with Gasteiger partial charge < -0.3 is 16.0 Å². The van der Waals surface area contributed by atoms with Gasteiger partial charge in [0.2, 0.25) is 5.95 Å². The molecule has 0 aliphatic carbocycles. The molecule has 5 rings (SSSR count). The van der Waals surface area contributed by atoms with Gasteiger partial charge in [0, 0.05) is 11.8 Å². The number of aromatic nitrogens is 4. The van der Waals surface area contributed by atoms with Crippen molar-refractivity contribution in [3.63, 3.8) is 0 Å². The summed E-state index contributed by atoms with van der Waals surface area (Å²) in [6, 6.07) is 27.3. The second-order valence-corrected chi connectivity index (χ2v) is 8.52. The molecule has 0 saturated carbocycles. The monoisotopic (exact) mass is 481 g/mol. The van der Waals surface area contributed by atoms with Crippen LogP contribution in [0.4, 0.5) is 23.1 Å². The fraction of sp³-hybridized carbons (Fsp3) is 0. The highest BCUT2D eigenvalue weighted by Crippen LogP contribution is 2.27. The zero-order valence-corrected chi connectivity index (χ0v) is 19.5. The first kappa shape index (κ1) is 21.6. The van der Waals surface area contributed by atoms with E-state index in [1.165, 1.54) is 0 Å². The summed E-state index contributed by atoms with van der Waals surface area (Å²) in [6.45, 7) is 0. The van der Waals surface area contributed by atoms with Crippen LogP contribution in [0, 0.1) is 0 Å². The van der Waals surface area contributed by atoms with E-state index in [-0.39, 0.29) is 0 Å². The molecular weight excluding hydrogens is 462 g/mol. The summed E-state index contributed by atoms with van der Waals surface area (Å²) >= 11 is 7.13. The van der Waals surface area contributed by atoms with E-state index in [0.717, 1.165) is 33.2 Å². The highest BCUT2D eigenvalue weighted by molar-refractivity contribution is 7.80. The molecule has 3 N–H and O–H groups in total. The minimum absolute atomic E-state index is 0.393. The van der Waals surface area contributed by atoms with Crippen LogP contribution in [0.3, 0.4) is 0 Å². The molecule has 0 spiro atoms. The summed E-state index contributed by atoms with van der Waals surface area (Å²) in [5.41, 5.74) is 4.24. The summed E-state index contributed by atoms with van der Waals surface area (Å²) in [5.74, 6) is 1.05. The number of thiophene rings is 1. The van der Waals surface area contributed by atoms with E-state index in [1.54, 1.807) is 17.5 Å². The molecule has 3 heterocycles. The molecule has 2 aromatic carbocycles. The average molecular weight is 482 g/mol. The second-order valence-electron chi connectivity index (χ2n) is 7.16. The maximum absolute atomic E-state index is 5.50. The van der Waals surface area contributed by atoms with Gasteiger partial charge in [-0.1, -0.05) is 48.5 Å². The minimum atomic E-state index is 0.393. The molecule has 0 fully saturated rings. The summed E-state index contributed by atoms with van der Waals surface area (Å²) in [7, 11) is 0. The Kier molecular flexibility index (Phi) is 6.46. The first-order valence-corrected chi connectivity index (χ1v) is 11.7. The molecule has 166 valence electrons. The molecule has 34 heavy (non-hydrogen) atoms. The minimum Gasteiger partial charge on any atom is -0.331 e. The number of para-hydroxylation sites is 2. The van der Waals surface area contributed by atoms with Crippen LogP contribution in [0.1, 0.15) is 0 Å². The van der Waals surface area contributed by atoms with Gasteiger partial charge in [0.25, 0.3) is 0 Å². The van der Waals surface area contributed by atoms with Crippen molar-refractivity contribution in [2.45, 2.75) is 0 Å². The Bertz CT molecular complexity index is 1390. The maximum atomic E-state index is 5.50. The standard InChI is InChI=1S/C25H19N7S2/c33-25(30-23-13-12-18(31-32-23)17-7-2-1-3-8-17)29-20-10-5-4-9-19(20)27-24-26-15-14-21(28-24)22-11-6-16-34-22/h1-16H,(H,26,27,28)(H2,29,30,32,33). The Balaban J connectivity index is 1.27. The van der Waals surface area contributed by atoms with Gasteiger partial charge >= 0.3 is 0 Å². The number of hydrogen-bond donors (Lipinski definition) is 3. The van der Waals surface area contributed by atoms with Crippen molar-refractivity contribution in [1.82, 2.24) is 20.2 Å². The zero-order chi connectivity index (χ0) is 23.2. The van der Waals surface area contributed by atoms with E-state index in [2.05, 4.69) is 36.1 Å². The molecule has 0 radical (unpaired) electrons. The number of benzene rings is 2. The fourth-order valence-corrected chi connectivity index (χ4v) is 4.14. The first-order chi connectivity index (χ1) is 16.7. The van der Waals surface area contributed by atoms with Crippen LogP contribution in [0.25, 0.3) is 21.8 Å². The Morgan fingerprint density at radius 2 is 1.56 bits per heavy atom. The van der Waals surface area contributed by atoms with Crippen molar-refractivity contribution < 1.29 is 0 Å². The maximum Gasteiger partial charge on any atom is 0.227 e. The largest absolute Gasteiger partial charge is 0.331 e. The predicted molar refractivity (Wildman–Crippen MR) is 142 cm³/mol. The van der Waals surface area contributed by atoms with Crippen molar-refractivity contribution in [1.29, 1.82) is 0 Å². The smallest absolute Gasteiger partial charge is 0.227 e. The van der Waals surface area contributed by atoms with Gasteiger partial charge in [0.05, 0.1) is 27.6 Å². The topological polar surface area (TPSA) is 87.7 Å².